The molecule has 0 spiro atoms. The van der Waals surface area contributed by atoms with Crippen molar-refractivity contribution in [2.45, 2.75) is 12.5 Å². The van der Waals surface area contributed by atoms with E-state index >= 15 is 0 Å². The molecule has 4 N–H and O–H groups in total. The number of aromatic nitrogens is 3. The lowest BCUT2D eigenvalue weighted by Gasteiger charge is -2.15. The maximum absolute atomic E-state index is 13.4. The van der Waals surface area contributed by atoms with Crippen molar-refractivity contribution in [3.63, 3.8) is 0 Å². The number of fused-ring (bicyclic) bond motifs is 1. The van der Waals surface area contributed by atoms with Gasteiger partial charge in [0.2, 0.25) is 5.91 Å². The Morgan fingerprint density at radius 1 is 1.06 bits per heavy atom. The van der Waals surface area contributed by atoms with Gasteiger partial charge in [-0.15, -0.1) is 0 Å². The molecule has 0 fully saturated rings. The number of hydrogen-bond donors (Lipinski definition) is 3. The Hall–Kier alpha value is -4.33. The van der Waals surface area contributed by atoms with Crippen molar-refractivity contribution in [2.24, 2.45) is 5.73 Å². The van der Waals surface area contributed by atoms with E-state index in [1.807, 2.05) is 30.3 Å². The highest BCUT2D eigenvalue weighted by atomic mass is 19.1. The first-order valence-corrected chi connectivity index (χ1v) is 9.92. The van der Waals surface area contributed by atoms with Gasteiger partial charge in [0.1, 0.15) is 28.8 Å². The van der Waals surface area contributed by atoms with Crippen LogP contribution in [-0.4, -0.2) is 33.0 Å². The summed E-state index contributed by atoms with van der Waals surface area (Å²) < 4.78 is 13.4. The molecule has 4 aromatic rings. The Bertz CT molecular complexity index is 1300. The summed E-state index contributed by atoms with van der Waals surface area (Å²) in [6, 6.07) is 17.8. The summed E-state index contributed by atoms with van der Waals surface area (Å²) in [5.41, 5.74) is 8.76. The highest BCUT2D eigenvalue weighted by Gasteiger charge is 2.21. The molecule has 32 heavy (non-hydrogen) atoms. The monoisotopic (exact) mass is 429 g/mol. The Morgan fingerprint density at radius 3 is 2.62 bits per heavy atom. The lowest BCUT2D eigenvalue weighted by atomic mass is 10.1. The first-order valence-electron chi connectivity index (χ1n) is 9.92. The summed E-state index contributed by atoms with van der Waals surface area (Å²) in [5, 5.41) is 9.71. The fourth-order valence-electron chi connectivity index (χ4n) is 3.25. The van der Waals surface area contributed by atoms with Crippen LogP contribution in [0, 0.1) is 5.82 Å². The van der Waals surface area contributed by atoms with Crippen molar-refractivity contribution in [3.8, 4) is 0 Å². The number of carbonyl (C=O) groups excluding carboxylic acids is 2. The van der Waals surface area contributed by atoms with Crippen LogP contribution < -0.4 is 11.1 Å². The maximum atomic E-state index is 13.4. The number of carbonyl (C=O) groups is 2. The van der Waals surface area contributed by atoms with Gasteiger partial charge in [-0.3, -0.25) is 14.7 Å². The molecule has 8 heteroatoms. The van der Waals surface area contributed by atoms with Gasteiger partial charge >= 0.3 is 0 Å². The smallest absolute Gasteiger partial charge is 0.270 e. The molecule has 2 amide bonds. The Morgan fingerprint density at radius 2 is 1.88 bits per heavy atom. The molecule has 2 heterocycles. The topological polar surface area (TPSA) is 114 Å². The molecule has 0 radical (unpaired) electrons. The SMILES string of the molecule is NC(=O)C(Cc1ccccc1)NC(=O)c1ccc2[nH]nc(/C=C/c3cccc(F)c3)c2n1. The summed E-state index contributed by atoms with van der Waals surface area (Å²) in [6.45, 7) is 0. The standard InChI is InChI=1S/C24H20FN5O2/c25-17-8-4-7-16(13-17)9-10-18-22-19(30-29-18)11-12-20(27-22)24(32)28-21(23(26)31)14-15-5-2-1-3-6-15/h1-13,21H,14H2,(H2,26,31)(H,28,32)(H,29,30)/b10-9+. The zero-order valence-corrected chi connectivity index (χ0v) is 17.0. The predicted molar refractivity (Wildman–Crippen MR) is 120 cm³/mol. The number of H-pyrrole nitrogens is 1. The van der Waals surface area contributed by atoms with E-state index in [1.54, 1.807) is 30.4 Å². The van der Waals surface area contributed by atoms with E-state index in [2.05, 4.69) is 20.5 Å². The van der Waals surface area contributed by atoms with Crippen LogP contribution in [0.2, 0.25) is 0 Å². The van der Waals surface area contributed by atoms with Gasteiger partial charge in [-0.05, 0) is 41.5 Å². The van der Waals surface area contributed by atoms with Gasteiger partial charge in [0.25, 0.3) is 5.91 Å². The summed E-state index contributed by atoms with van der Waals surface area (Å²) in [6.07, 6.45) is 3.66. The molecular formula is C24H20FN5O2. The normalized spacial score (nSPS) is 12.2. The van der Waals surface area contributed by atoms with Crippen molar-refractivity contribution < 1.29 is 14.0 Å². The van der Waals surface area contributed by atoms with Crippen molar-refractivity contribution in [1.29, 1.82) is 0 Å². The van der Waals surface area contributed by atoms with E-state index in [9.17, 15) is 14.0 Å². The zero-order chi connectivity index (χ0) is 22.5. The van der Waals surface area contributed by atoms with E-state index in [0.29, 0.717) is 22.3 Å². The van der Waals surface area contributed by atoms with Gasteiger partial charge in [0.05, 0.1) is 5.52 Å². The predicted octanol–water partition coefficient (Wildman–Crippen LogP) is 3.09. The number of benzene rings is 2. The molecular weight excluding hydrogens is 409 g/mol. The van der Waals surface area contributed by atoms with Gasteiger partial charge in [-0.2, -0.15) is 5.10 Å². The Kier molecular flexibility index (Phi) is 6.03. The molecule has 0 saturated heterocycles. The number of halogens is 1. The number of rotatable bonds is 7. The maximum Gasteiger partial charge on any atom is 0.270 e. The van der Waals surface area contributed by atoms with Crippen LogP contribution in [-0.2, 0) is 11.2 Å². The van der Waals surface area contributed by atoms with Crippen molar-refractivity contribution >= 4 is 35.0 Å². The molecule has 0 saturated carbocycles. The summed E-state index contributed by atoms with van der Waals surface area (Å²) in [7, 11) is 0. The molecule has 1 unspecified atom stereocenters. The van der Waals surface area contributed by atoms with Crippen molar-refractivity contribution in [1.82, 2.24) is 20.5 Å². The van der Waals surface area contributed by atoms with E-state index in [4.69, 9.17) is 5.73 Å². The Balaban J connectivity index is 1.55. The molecule has 160 valence electrons. The van der Waals surface area contributed by atoms with Crippen molar-refractivity contribution in [3.05, 3.63) is 95.1 Å². The van der Waals surface area contributed by atoms with Crippen LogP contribution in [0.3, 0.4) is 0 Å². The average molecular weight is 429 g/mol. The number of amides is 2. The Labute approximate surface area is 183 Å². The van der Waals surface area contributed by atoms with Crippen LogP contribution in [0.15, 0.2) is 66.7 Å². The molecule has 0 aliphatic rings. The largest absolute Gasteiger partial charge is 0.368 e. The van der Waals surface area contributed by atoms with Crippen LogP contribution >= 0.6 is 0 Å². The number of pyridine rings is 1. The minimum Gasteiger partial charge on any atom is -0.368 e. The molecule has 1 atom stereocenters. The van der Waals surface area contributed by atoms with Gasteiger partial charge < -0.3 is 11.1 Å². The summed E-state index contributed by atoms with van der Waals surface area (Å²) >= 11 is 0. The number of nitrogens with two attached hydrogens (primary N) is 1. The fraction of sp³-hybridized carbons (Fsp3) is 0.0833. The third-order valence-electron chi connectivity index (χ3n) is 4.88. The van der Waals surface area contributed by atoms with E-state index in [0.717, 1.165) is 5.56 Å². The molecule has 0 aliphatic carbocycles. The highest BCUT2D eigenvalue weighted by molar-refractivity contribution is 5.98. The third kappa shape index (κ3) is 4.86. The molecule has 7 nitrogen and oxygen atoms in total. The molecule has 0 aliphatic heterocycles. The van der Waals surface area contributed by atoms with Crippen LogP contribution in [0.1, 0.15) is 27.3 Å². The molecule has 2 aromatic heterocycles. The first-order chi connectivity index (χ1) is 15.5. The third-order valence-corrected chi connectivity index (χ3v) is 4.88. The minimum atomic E-state index is -0.876. The molecule has 4 rings (SSSR count). The lowest BCUT2D eigenvalue weighted by molar-refractivity contribution is -0.119. The number of nitrogens with zero attached hydrogens (tertiary/aromatic N) is 2. The van der Waals surface area contributed by atoms with Gasteiger partial charge in [-0.25, -0.2) is 9.37 Å². The quantitative estimate of drug-likeness (QED) is 0.419. The van der Waals surface area contributed by atoms with E-state index < -0.39 is 17.9 Å². The second-order valence-corrected chi connectivity index (χ2v) is 7.21. The average Bonchev–Trinajstić information content (AvgIpc) is 3.20. The first kappa shape index (κ1) is 20.9. The van der Waals surface area contributed by atoms with Crippen molar-refractivity contribution in [2.75, 3.05) is 0 Å². The number of primary amides is 1. The van der Waals surface area contributed by atoms with Crippen LogP contribution in [0.4, 0.5) is 4.39 Å². The second-order valence-electron chi connectivity index (χ2n) is 7.21. The molecule has 0 bridgehead atoms. The molecule has 2 aromatic carbocycles. The highest BCUT2D eigenvalue weighted by Crippen LogP contribution is 2.17. The summed E-state index contributed by atoms with van der Waals surface area (Å²) in [4.78, 5) is 29.0. The van der Waals surface area contributed by atoms with Gasteiger partial charge in [-0.1, -0.05) is 48.5 Å². The van der Waals surface area contributed by atoms with Gasteiger partial charge in [0.15, 0.2) is 0 Å². The van der Waals surface area contributed by atoms with E-state index in [1.165, 1.54) is 18.2 Å². The van der Waals surface area contributed by atoms with Crippen LogP contribution in [0.5, 0.6) is 0 Å². The number of aromatic amines is 1. The van der Waals surface area contributed by atoms with E-state index in [-0.39, 0.29) is 17.9 Å². The van der Waals surface area contributed by atoms with Gasteiger partial charge in [0, 0.05) is 6.42 Å². The second kappa shape index (κ2) is 9.22. The fourth-order valence-corrected chi connectivity index (χ4v) is 3.25. The minimum absolute atomic E-state index is 0.124. The number of hydrogen-bond acceptors (Lipinski definition) is 4. The number of nitrogens with one attached hydrogen (secondary N) is 2. The zero-order valence-electron chi connectivity index (χ0n) is 17.0. The lowest BCUT2D eigenvalue weighted by Crippen LogP contribution is -2.46. The van der Waals surface area contributed by atoms with Crippen LogP contribution in [0.25, 0.3) is 23.2 Å². The summed E-state index contributed by atoms with van der Waals surface area (Å²) in [5.74, 6) is -1.49.